The molecule has 39 heavy (non-hydrogen) atoms. The van der Waals surface area contributed by atoms with E-state index in [-0.39, 0.29) is 0 Å². The third-order valence-electron chi connectivity index (χ3n) is 7.83. The Morgan fingerprint density at radius 3 is 1.87 bits per heavy atom. The molecule has 0 bridgehead atoms. The van der Waals surface area contributed by atoms with Crippen LogP contribution in [-0.4, -0.2) is 24.5 Å². The molecule has 0 saturated heterocycles. The van der Waals surface area contributed by atoms with E-state index in [1.807, 2.05) is 0 Å². The quantitative estimate of drug-likeness (QED) is 0.121. The van der Waals surface area contributed by atoms with Crippen LogP contribution < -0.4 is 15.9 Å². The zero-order chi connectivity index (χ0) is 26.0. The maximum absolute atomic E-state index is 5.22. The van der Waals surface area contributed by atoms with Gasteiger partial charge in [0.15, 0.2) is 0 Å². The van der Waals surface area contributed by atoms with Gasteiger partial charge in [-0.1, -0.05) is 0 Å². The van der Waals surface area contributed by atoms with Crippen LogP contribution in [0.4, 0.5) is 0 Å². The molecule has 2 aromatic heterocycles. The Balaban J connectivity index is 1.55. The van der Waals surface area contributed by atoms with Gasteiger partial charge in [0.25, 0.3) is 0 Å². The van der Waals surface area contributed by atoms with Crippen molar-refractivity contribution < 1.29 is 0 Å². The molecular weight excluding hydrogens is 558 g/mol. The molecular formula is C35H23N2PSe. The van der Waals surface area contributed by atoms with Crippen molar-refractivity contribution in [3.63, 3.8) is 0 Å². The molecule has 0 radical (unpaired) electrons. The van der Waals surface area contributed by atoms with E-state index in [2.05, 4.69) is 159 Å². The first-order chi connectivity index (χ1) is 19.2. The molecule has 0 fully saturated rings. The SMILES string of the molecule is [Se]=P(c1ccccc1)(c1ccccc1)c1ccc2ccc3c4ccccc4n4c5ccccc5nc4c3c2c1. The molecule has 4 heteroatoms. The summed E-state index contributed by atoms with van der Waals surface area (Å²) in [6.07, 6.45) is 0. The molecule has 0 aliphatic heterocycles. The van der Waals surface area contributed by atoms with Gasteiger partial charge in [-0.3, -0.25) is 0 Å². The predicted octanol–water partition coefficient (Wildman–Crippen LogP) is 7.32. The number of rotatable bonds is 3. The summed E-state index contributed by atoms with van der Waals surface area (Å²) in [7, 11) is 0. The summed E-state index contributed by atoms with van der Waals surface area (Å²) in [4.78, 5) is 5.22. The second-order valence-corrected chi connectivity index (χ2v) is 16.2. The van der Waals surface area contributed by atoms with E-state index in [1.54, 1.807) is 0 Å². The molecule has 0 unspecified atom stereocenters. The number of nitrogens with zero attached hydrogens (tertiary/aromatic N) is 2. The van der Waals surface area contributed by atoms with Crippen molar-refractivity contribution >= 4 is 85.6 Å². The van der Waals surface area contributed by atoms with Gasteiger partial charge in [0.05, 0.1) is 0 Å². The first kappa shape index (κ1) is 22.9. The molecule has 0 saturated carbocycles. The third-order valence-corrected chi connectivity index (χ3v) is 14.9. The second kappa shape index (κ2) is 8.76. The predicted molar refractivity (Wildman–Crippen MR) is 170 cm³/mol. The molecule has 0 atom stereocenters. The van der Waals surface area contributed by atoms with Crippen LogP contribution in [0, 0.1) is 0 Å². The van der Waals surface area contributed by atoms with Crippen molar-refractivity contribution in [3.8, 4) is 0 Å². The monoisotopic (exact) mass is 582 g/mol. The average molecular weight is 582 g/mol. The number of benzene rings is 6. The van der Waals surface area contributed by atoms with Crippen LogP contribution in [0.2, 0.25) is 0 Å². The van der Waals surface area contributed by atoms with E-state index in [0.29, 0.717) is 0 Å². The van der Waals surface area contributed by atoms with Gasteiger partial charge in [-0.15, -0.1) is 0 Å². The number of aromatic nitrogens is 2. The topological polar surface area (TPSA) is 17.3 Å². The summed E-state index contributed by atoms with van der Waals surface area (Å²) in [5.74, 6) is 0. The number of para-hydroxylation sites is 3. The number of imidazole rings is 1. The first-order valence-corrected chi connectivity index (χ1v) is 17.1. The fourth-order valence-electron chi connectivity index (χ4n) is 6.03. The van der Waals surface area contributed by atoms with E-state index >= 15 is 0 Å². The number of fused-ring (bicyclic) bond motifs is 10. The zero-order valence-electron chi connectivity index (χ0n) is 21.0. The van der Waals surface area contributed by atoms with Gasteiger partial charge in [0, 0.05) is 0 Å². The van der Waals surface area contributed by atoms with E-state index < -0.39 is 5.51 Å². The van der Waals surface area contributed by atoms with Gasteiger partial charge >= 0.3 is 235 Å². The molecule has 8 rings (SSSR count). The van der Waals surface area contributed by atoms with Crippen LogP contribution in [0.5, 0.6) is 0 Å². The normalized spacial score (nSPS) is 12.2. The first-order valence-electron chi connectivity index (χ1n) is 13.1. The van der Waals surface area contributed by atoms with Crippen LogP contribution in [0.3, 0.4) is 0 Å². The number of pyridine rings is 1. The number of hydrogen-bond acceptors (Lipinski definition) is 1. The van der Waals surface area contributed by atoms with Gasteiger partial charge in [-0.2, -0.15) is 0 Å². The average Bonchev–Trinajstić information content (AvgIpc) is 3.41. The summed E-state index contributed by atoms with van der Waals surface area (Å²) < 4.78 is 2.34. The van der Waals surface area contributed by atoms with Gasteiger partial charge < -0.3 is 0 Å². The minimum absolute atomic E-state index is 1.01. The molecule has 6 aromatic carbocycles. The summed E-state index contributed by atoms with van der Waals surface area (Å²) in [5, 5.41) is 10.1. The Kier molecular flexibility index (Phi) is 5.15. The van der Waals surface area contributed by atoms with Crippen LogP contribution >= 0.6 is 5.51 Å². The van der Waals surface area contributed by atoms with Crippen molar-refractivity contribution in [3.05, 3.63) is 140 Å². The van der Waals surface area contributed by atoms with E-state index in [1.165, 1.54) is 48.4 Å². The molecule has 0 aliphatic carbocycles. The van der Waals surface area contributed by atoms with Crippen molar-refractivity contribution in [1.29, 1.82) is 0 Å². The Morgan fingerprint density at radius 2 is 1.13 bits per heavy atom. The zero-order valence-corrected chi connectivity index (χ0v) is 23.6. The molecule has 2 heterocycles. The second-order valence-electron chi connectivity index (χ2n) is 9.95. The Bertz CT molecular complexity index is 2210. The van der Waals surface area contributed by atoms with Crippen molar-refractivity contribution in [1.82, 2.24) is 9.38 Å². The standard InChI is InChI=1S/C35H23N2PSe/c39-38(25-11-3-1-4-12-25,26-13-5-2-6-14-26)27-21-19-24-20-22-29-28-15-7-9-17-32(28)37-33-18-10-8-16-31(33)36-35(37)34(29)30(24)23-27/h1-23H. The van der Waals surface area contributed by atoms with E-state index in [9.17, 15) is 0 Å². The minimum atomic E-state index is -2.00. The Labute approximate surface area is 233 Å². The molecule has 2 nitrogen and oxygen atoms in total. The molecule has 0 aliphatic rings. The van der Waals surface area contributed by atoms with Crippen LogP contribution in [-0.2, 0) is 0 Å². The third kappa shape index (κ3) is 3.35. The van der Waals surface area contributed by atoms with Crippen LogP contribution in [0.25, 0.3) is 49.1 Å². The van der Waals surface area contributed by atoms with Crippen molar-refractivity contribution in [2.75, 3.05) is 0 Å². The van der Waals surface area contributed by atoms with Crippen molar-refractivity contribution in [2.45, 2.75) is 0 Å². The fourth-order valence-corrected chi connectivity index (χ4v) is 10.9. The van der Waals surface area contributed by atoms with E-state index in [4.69, 9.17) is 4.98 Å². The fraction of sp³-hybridized carbons (Fsp3) is 0. The van der Waals surface area contributed by atoms with Crippen molar-refractivity contribution in [2.24, 2.45) is 0 Å². The molecule has 8 aromatic rings. The van der Waals surface area contributed by atoms with Crippen LogP contribution in [0.15, 0.2) is 140 Å². The summed E-state index contributed by atoms with van der Waals surface area (Å²) in [6.45, 7) is 0. The maximum atomic E-state index is 5.22. The summed E-state index contributed by atoms with van der Waals surface area (Å²) in [5.41, 5.74) is 2.35. The summed E-state index contributed by atoms with van der Waals surface area (Å²) >= 11 is 3.73. The molecule has 184 valence electrons. The summed E-state index contributed by atoms with van der Waals surface area (Å²) in [6, 6.07) is 50.5. The molecule has 0 spiro atoms. The molecule has 0 amide bonds. The van der Waals surface area contributed by atoms with Crippen LogP contribution in [0.1, 0.15) is 0 Å². The van der Waals surface area contributed by atoms with Gasteiger partial charge in [-0.25, -0.2) is 0 Å². The Morgan fingerprint density at radius 1 is 0.513 bits per heavy atom. The van der Waals surface area contributed by atoms with Gasteiger partial charge in [0.1, 0.15) is 0 Å². The van der Waals surface area contributed by atoms with E-state index in [0.717, 1.165) is 16.7 Å². The molecule has 0 N–H and O–H groups in total. The number of hydrogen-bond donors (Lipinski definition) is 0. The van der Waals surface area contributed by atoms with Gasteiger partial charge in [-0.05, 0) is 0 Å². The Hall–Kier alpha value is -4.00. The van der Waals surface area contributed by atoms with Gasteiger partial charge in [0.2, 0.25) is 0 Å².